The van der Waals surface area contributed by atoms with E-state index in [1.165, 1.54) is 0 Å². The Morgan fingerprint density at radius 2 is 2.29 bits per heavy atom. The van der Waals surface area contributed by atoms with Gasteiger partial charge in [-0.15, -0.1) is 0 Å². The van der Waals surface area contributed by atoms with E-state index in [1.54, 1.807) is 0 Å². The highest BCUT2D eigenvalue weighted by Gasteiger charge is 2.27. The Bertz CT molecular complexity index is 431. The monoisotopic (exact) mass is 233 g/mol. The summed E-state index contributed by atoms with van der Waals surface area (Å²) in [5.41, 5.74) is 5.03. The van der Waals surface area contributed by atoms with Crippen LogP contribution in [0.15, 0.2) is 18.2 Å². The molecule has 1 amide bonds. The van der Waals surface area contributed by atoms with Crippen LogP contribution in [0.4, 0.5) is 5.69 Å². The van der Waals surface area contributed by atoms with Crippen LogP contribution < -0.4 is 11.3 Å². The minimum Gasteiger partial charge on any atom is -0.336 e. The quantitative estimate of drug-likeness (QED) is 0.606. The molecule has 1 saturated heterocycles. The second-order valence-electron chi connectivity index (χ2n) is 4.68. The number of nitrogens with zero attached hydrogens (tertiary/aromatic N) is 1. The SMILES string of the molecule is Cc1ccc(NN)c(C(=O)N2CCCC2C)c1. The first-order chi connectivity index (χ1) is 8.13. The van der Waals surface area contributed by atoms with Crippen LogP contribution in [0.2, 0.25) is 0 Å². The smallest absolute Gasteiger partial charge is 0.256 e. The Morgan fingerprint density at radius 1 is 1.53 bits per heavy atom. The van der Waals surface area contributed by atoms with E-state index in [-0.39, 0.29) is 5.91 Å². The van der Waals surface area contributed by atoms with Gasteiger partial charge in [-0.1, -0.05) is 11.6 Å². The summed E-state index contributed by atoms with van der Waals surface area (Å²) in [7, 11) is 0. The van der Waals surface area contributed by atoms with Gasteiger partial charge in [-0.2, -0.15) is 0 Å². The van der Waals surface area contributed by atoms with Crippen LogP contribution in [0.1, 0.15) is 35.7 Å². The van der Waals surface area contributed by atoms with Crippen LogP contribution >= 0.6 is 0 Å². The Morgan fingerprint density at radius 3 is 2.88 bits per heavy atom. The second kappa shape index (κ2) is 4.75. The Hall–Kier alpha value is -1.55. The van der Waals surface area contributed by atoms with Gasteiger partial charge in [-0.25, -0.2) is 0 Å². The third kappa shape index (κ3) is 2.26. The number of aryl methyl sites for hydroxylation is 1. The van der Waals surface area contributed by atoms with E-state index in [4.69, 9.17) is 5.84 Å². The molecule has 17 heavy (non-hydrogen) atoms. The molecule has 0 spiro atoms. The summed E-state index contributed by atoms with van der Waals surface area (Å²) in [6.45, 7) is 4.92. The maximum atomic E-state index is 12.4. The number of hydrogen-bond donors (Lipinski definition) is 2. The number of nitrogen functional groups attached to an aromatic ring is 1. The lowest BCUT2D eigenvalue weighted by molar-refractivity contribution is 0.0748. The summed E-state index contributed by atoms with van der Waals surface area (Å²) in [6, 6.07) is 6.01. The predicted molar refractivity (Wildman–Crippen MR) is 68.7 cm³/mol. The number of likely N-dealkylation sites (tertiary alicyclic amines) is 1. The van der Waals surface area contributed by atoms with Gasteiger partial charge >= 0.3 is 0 Å². The molecule has 0 saturated carbocycles. The molecule has 0 aromatic heterocycles. The lowest BCUT2D eigenvalue weighted by Crippen LogP contribution is -2.34. The molecule has 1 unspecified atom stereocenters. The molecule has 3 N–H and O–H groups in total. The van der Waals surface area contributed by atoms with Crippen molar-refractivity contribution in [3.05, 3.63) is 29.3 Å². The van der Waals surface area contributed by atoms with Crippen molar-refractivity contribution in [1.82, 2.24) is 4.90 Å². The van der Waals surface area contributed by atoms with E-state index in [0.29, 0.717) is 17.3 Å². The fourth-order valence-corrected chi connectivity index (χ4v) is 2.35. The van der Waals surface area contributed by atoms with E-state index < -0.39 is 0 Å². The summed E-state index contributed by atoms with van der Waals surface area (Å²) in [5.74, 6) is 5.53. The molecular weight excluding hydrogens is 214 g/mol. The number of nitrogens with one attached hydrogen (secondary N) is 1. The minimum absolute atomic E-state index is 0.0756. The summed E-state index contributed by atoms with van der Waals surface area (Å²) in [6.07, 6.45) is 2.17. The van der Waals surface area contributed by atoms with Gasteiger partial charge in [0.05, 0.1) is 11.3 Å². The van der Waals surface area contributed by atoms with E-state index in [2.05, 4.69) is 12.3 Å². The number of anilines is 1. The number of rotatable bonds is 2. The number of benzene rings is 1. The van der Waals surface area contributed by atoms with E-state index >= 15 is 0 Å². The summed E-state index contributed by atoms with van der Waals surface area (Å²) >= 11 is 0. The Kier molecular flexibility index (Phi) is 3.33. The molecule has 1 aliphatic heterocycles. The molecule has 0 aliphatic carbocycles. The zero-order chi connectivity index (χ0) is 12.4. The highest BCUT2D eigenvalue weighted by molar-refractivity contribution is 6.00. The van der Waals surface area contributed by atoms with Crippen LogP contribution in [0.25, 0.3) is 0 Å². The first-order valence-corrected chi connectivity index (χ1v) is 6.01. The van der Waals surface area contributed by atoms with E-state index in [1.807, 2.05) is 30.0 Å². The van der Waals surface area contributed by atoms with Crippen molar-refractivity contribution in [1.29, 1.82) is 0 Å². The number of hydrogen-bond acceptors (Lipinski definition) is 3. The van der Waals surface area contributed by atoms with E-state index in [0.717, 1.165) is 24.9 Å². The minimum atomic E-state index is 0.0756. The van der Waals surface area contributed by atoms with Crippen LogP contribution in [-0.2, 0) is 0 Å². The zero-order valence-electron chi connectivity index (χ0n) is 10.4. The Balaban J connectivity index is 2.32. The molecule has 0 radical (unpaired) electrons. The molecule has 1 aromatic carbocycles. The van der Waals surface area contributed by atoms with E-state index in [9.17, 15) is 4.79 Å². The topological polar surface area (TPSA) is 58.4 Å². The predicted octanol–water partition coefficient (Wildman–Crippen LogP) is 1.91. The zero-order valence-corrected chi connectivity index (χ0v) is 10.4. The van der Waals surface area contributed by atoms with Gasteiger partial charge in [0.1, 0.15) is 0 Å². The number of hydrazine groups is 1. The van der Waals surface area contributed by atoms with Gasteiger partial charge in [0.2, 0.25) is 0 Å². The van der Waals surface area contributed by atoms with Crippen molar-refractivity contribution in [3.8, 4) is 0 Å². The molecule has 1 atom stereocenters. The molecule has 0 bridgehead atoms. The van der Waals surface area contributed by atoms with Crippen LogP contribution in [0, 0.1) is 6.92 Å². The Labute approximate surface area is 102 Å². The van der Waals surface area contributed by atoms with Crippen LogP contribution in [-0.4, -0.2) is 23.4 Å². The normalized spacial score (nSPS) is 19.5. The van der Waals surface area contributed by atoms with Gasteiger partial charge in [0, 0.05) is 12.6 Å². The van der Waals surface area contributed by atoms with Crippen molar-refractivity contribution in [2.45, 2.75) is 32.7 Å². The molecule has 1 aliphatic rings. The number of nitrogens with two attached hydrogens (primary N) is 1. The highest BCUT2D eigenvalue weighted by Crippen LogP contribution is 2.23. The molecule has 1 aromatic rings. The van der Waals surface area contributed by atoms with Crippen molar-refractivity contribution < 1.29 is 4.79 Å². The average Bonchev–Trinajstić information content (AvgIpc) is 2.74. The van der Waals surface area contributed by atoms with Gasteiger partial charge in [-0.05, 0) is 38.8 Å². The second-order valence-corrected chi connectivity index (χ2v) is 4.68. The van der Waals surface area contributed by atoms with Crippen LogP contribution in [0.3, 0.4) is 0 Å². The van der Waals surface area contributed by atoms with Gasteiger partial charge in [-0.3, -0.25) is 10.6 Å². The highest BCUT2D eigenvalue weighted by atomic mass is 16.2. The molecule has 4 nitrogen and oxygen atoms in total. The van der Waals surface area contributed by atoms with Crippen molar-refractivity contribution in [2.75, 3.05) is 12.0 Å². The lowest BCUT2D eigenvalue weighted by Gasteiger charge is -2.22. The first kappa shape index (κ1) is 11.9. The van der Waals surface area contributed by atoms with Gasteiger partial charge in [0.15, 0.2) is 0 Å². The molecule has 4 heteroatoms. The van der Waals surface area contributed by atoms with Crippen molar-refractivity contribution in [2.24, 2.45) is 5.84 Å². The molecule has 1 fully saturated rings. The largest absolute Gasteiger partial charge is 0.336 e. The summed E-state index contributed by atoms with van der Waals surface area (Å²) in [4.78, 5) is 14.3. The fraction of sp³-hybridized carbons (Fsp3) is 0.462. The number of amides is 1. The van der Waals surface area contributed by atoms with Gasteiger partial charge in [0.25, 0.3) is 5.91 Å². The number of carbonyl (C=O) groups is 1. The van der Waals surface area contributed by atoms with Crippen molar-refractivity contribution >= 4 is 11.6 Å². The summed E-state index contributed by atoms with van der Waals surface area (Å²) in [5, 5.41) is 0. The molecule has 1 heterocycles. The number of carbonyl (C=O) groups excluding carboxylic acids is 1. The maximum Gasteiger partial charge on any atom is 0.256 e. The first-order valence-electron chi connectivity index (χ1n) is 6.01. The molecule has 2 rings (SSSR count). The maximum absolute atomic E-state index is 12.4. The molecule has 92 valence electrons. The third-order valence-corrected chi connectivity index (χ3v) is 3.37. The summed E-state index contributed by atoms with van der Waals surface area (Å²) < 4.78 is 0. The molecular formula is C13H19N3O. The average molecular weight is 233 g/mol. The van der Waals surface area contributed by atoms with Crippen molar-refractivity contribution in [3.63, 3.8) is 0 Å². The van der Waals surface area contributed by atoms with Crippen LogP contribution in [0.5, 0.6) is 0 Å². The fourth-order valence-electron chi connectivity index (χ4n) is 2.35. The lowest BCUT2D eigenvalue weighted by atomic mass is 10.1. The third-order valence-electron chi connectivity index (χ3n) is 3.37. The van der Waals surface area contributed by atoms with Gasteiger partial charge < -0.3 is 10.3 Å². The standard InChI is InChI=1S/C13H19N3O/c1-9-5-6-12(15-14)11(8-9)13(17)16-7-3-4-10(16)2/h5-6,8,10,15H,3-4,7,14H2,1-2H3.